The van der Waals surface area contributed by atoms with Crippen LogP contribution in [0.1, 0.15) is 13.8 Å². The lowest BCUT2D eigenvalue weighted by Crippen LogP contribution is -3.11. The number of hydrogen-bond donors (Lipinski definition) is 1. The first-order valence-electron chi connectivity index (χ1n) is 11.4. The molecule has 1 N–H and O–H groups in total. The summed E-state index contributed by atoms with van der Waals surface area (Å²) in [6.07, 6.45) is 0. The van der Waals surface area contributed by atoms with E-state index in [9.17, 15) is 4.79 Å². The molecule has 0 saturated carbocycles. The summed E-state index contributed by atoms with van der Waals surface area (Å²) in [5.74, 6) is 0. The Balaban J connectivity index is 0.00000306. The fourth-order valence-electron chi connectivity index (χ4n) is 4.15. The van der Waals surface area contributed by atoms with Crippen LogP contribution in [-0.2, 0) is 6.54 Å². The molecule has 0 spiro atoms. The Hall–Kier alpha value is -3.21. The molecule has 0 atom stereocenters. The number of rotatable bonds is 8. The van der Waals surface area contributed by atoms with Crippen molar-refractivity contribution >= 4 is 0 Å². The Kier molecular flexibility index (Phi) is 8.58. The van der Waals surface area contributed by atoms with Crippen LogP contribution in [0.3, 0.4) is 0 Å². The fraction of sp³-hybridized carbons (Fsp3) is 0.214. The molecular formula is C28H30ClN3O. The highest BCUT2D eigenvalue weighted by atomic mass is 35.5. The molecule has 0 fully saturated rings. The van der Waals surface area contributed by atoms with Crippen LogP contribution >= 0.6 is 0 Å². The van der Waals surface area contributed by atoms with Crippen LogP contribution in [0.2, 0.25) is 0 Å². The summed E-state index contributed by atoms with van der Waals surface area (Å²) >= 11 is 0. The summed E-state index contributed by atoms with van der Waals surface area (Å²) in [6.45, 7) is 7.88. The number of aromatic nitrogens is 2. The topological polar surface area (TPSA) is 39.3 Å². The monoisotopic (exact) mass is 459 g/mol. The normalized spacial score (nSPS) is 10.8. The number of quaternary nitrogens is 1. The SMILES string of the molecule is CC[NH+](CC)CCn1nc(-c2ccccc2)c(-c2ccccc2)c(-c2ccccc2)c1=O.[Cl-]. The average Bonchev–Trinajstić information content (AvgIpc) is 2.86. The molecule has 0 radical (unpaired) electrons. The van der Waals surface area contributed by atoms with E-state index in [2.05, 4.69) is 38.1 Å². The first kappa shape index (κ1) is 24.4. The zero-order valence-electron chi connectivity index (χ0n) is 19.2. The highest BCUT2D eigenvalue weighted by Gasteiger charge is 2.21. The Morgan fingerprint density at radius 2 is 1.15 bits per heavy atom. The van der Waals surface area contributed by atoms with E-state index in [1.54, 1.807) is 4.68 Å². The molecule has 3 aromatic carbocycles. The number of nitrogens with one attached hydrogen (secondary N) is 1. The van der Waals surface area contributed by atoms with Crippen molar-refractivity contribution in [3.05, 3.63) is 101 Å². The first-order valence-corrected chi connectivity index (χ1v) is 11.4. The molecule has 0 unspecified atom stereocenters. The van der Waals surface area contributed by atoms with Crippen LogP contribution in [0.25, 0.3) is 33.5 Å². The predicted octanol–water partition coefficient (Wildman–Crippen LogP) is 1.17. The van der Waals surface area contributed by atoms with Gasteiger partial charge in [0.2, 0.25) is 0 Å². The zero-order chi connectivity index (χ0) is 22.3. The quantitative estimate of drug-likeness (QED) is 0.429. The van der Waals surface area contributed by atoms with Gasteiger partial charge < -0.3 is 17.3 Å². The molecule has 170 valence electrons. The highest BCUT2D eigenvalue weighted by Crippen LogP contribution is 2.36. The highest BCUT2D eigenvalue weighted by molar-refractivity contribution is 5.92. The molecule has 5 heteroatoms. The number of nitrogens with zero attached hydrogens (tertiary/aromatic N) is 2. The minimum absolute atomic E-state index is 0. The Labute approximate surface area is 201 Å². The summed E-state index contributed by atoms with van der Waals surface area (Å²) in [6, 6.07) is 30.3. The van der Waals surface area contributed by atoms with Gasteiger partial charge >= 0.3 is 0 Å². The van der Waals surface area contributed by atoms with Crippen molar-refractivity contribution in [2.45, 2.75) is 20.4 Å². The molecule has 4 rings (SSSR count). The van der Waals surface area contributed by atoms with E-state index in [0.29, 0.717) is 12.1 Å². The maximum atomic E-state index is 13.8. The van der Waals surface area contributed by atoms with Crippen LogP contribution in [0.4, 0.5) is 0 Å². The van der Waals surface area contributed by atoms with Crippen LogP contribution < -0.4 is 22.9 Å². The van der Waals surface area contributed by atoms with Gasteiger partial charge in [0, 0.05) is 11.1 Å². The van der Waals surface area contributed by atoms with Gasteiger partial charge in [-0.3, -0.25) is 4.79 Å². The van der Waals surface area contributed by atoms with Gasteiger partial charge in [-0.05, 0) is 25.0 Å². The molecule has 0 amide bonds. The molecule has 0 aliphatic heterocycles. The molecule has 4 aromatic rings. The van der Waals surface area contributed by atoms with Gasteiger partial charge in [-0.1, -0.05) is 91.0 Å². The van der Waals surface area contributed by atoms with Crippen molar-refractivity contribution in [3.8, 4) is 33.5 Å². The van der Waals surface area contributed by atoms with Gasteiger partial charge in [0.1, 0.15) is 0 Å². The largest absolute Gasteiger partial charge is 1.00 e. The van der Waals surface area contributed by atoms with Crippen LogP contribution in [0, 0.1) is 0 Å². The van der Waals surface area contributed by atoms with Crippen molar-refractivity contribution in [2.24, 2.45) is 0 Å². The minimum atomic E-state index is -0.0405. The van der Waals surface area contributed by atoms with Gasteiger partial charge in [-0.2, -0.15) is 5.10 Å². The standard InChI is InChI=1S/C28H29N3O.ClH/c1-3-30(4-2)20-21-31-28(32)26(23-16-10-6-11-17-23)25(22-14-8-5-9-15-22)27(29-31)24-18-12-7-13-19-24;/h5-19H,3-4,20-21H2,1-2H3;1H. The molecule has 33 heavy (non-hydrogen) atoms. The van der Waals surface area contributed by atoms with Crippen LogP contribution in [0.5, 0.6) is 0 Å². The molecule has 1 aromatic heterocycles. The first-order chi connectivity index (χ1) is 15.7. The van der Waals surface area contributed by atoms with E-state index < -0.39 is 0 Å². The van der Waals surface area contributed by atoms with Gasteiger partial charge in [0.15, 0.2) is 0 Å². The maximum absolute atomic E-state index is 13.8. The lowest BCUT2D eigenvalue weighted by molar-refractivity contribution is -0.897. The van der Waals surface area contributed by atoms with E-state index >= 15 is 0 Å². The molecule has 0 aliphatic rings. The summed E-state index contributed by atoms with van der Waals surface area (Å²) in [5, 5.41) is 4.94. The van der Waals surface area contributed by atoms with E-state index in [4.69, 9.17) is 5.10 Å². The summed E-state index contributed by atoms with van der Waals surface area (Å²) < 4.78 is 1.67. The van der Waals surface area contributed by atoms with Gasteiger partial charge in [-0.25, -0.2) is 4.68 Å². The van der Waals surface area contributed by atoms with Crippen LogP contribution in [-0.4, -0.2) is 29.4 Å². The number of benzene rings is 3. The fourth-order valence-corrected chi connectivity index (χ4v) is 4.15. The third-order valence-electron chi connectivity index (χ3n) is 6.01. The van der Waals surface area contributed by atoms with Crippen LogP contribution in [0.15, 0.2) is 95.8 Å². The third-order valence-corrected chi connectivity index (χ3v) is 6.01. The molecule has 0 saturated heterocycles. The van der Waals surface area contributed by atoms with Crippen molar-refractivity contribution in [1.29, 1.82) is 0 Å². The molecule has 0 bridgehead atoms. The minimum Gasteiger partial charge on any atom is -1.00 e. The average molecular weight is 460 g/mol. The molecule has 1 heterocycles. The third kappa shape index (κ3) is 5.41. The number of hydrogen-bond acceptors (Lipinski definition) is 2. The smallest absolute Gasteiger partial charge is 0.275 e. The van der Waals surface area contributed by atoms with Crippen molar-refractivity contribution in [1.82, 2.24) is 9.78 Å². The maximum Gasteiger partial charge on any atom is 0.275 e. The predicted molar refractivity (Wildman–Crippen MR) is 132 cm³/mol. The van der Waals surface area contributed by atoms with Gasteiger partial charge in [0.25, 0.3) is 5.56 Å². The number of likely N-dealkylation sites (N-methyl/N-ethyl adjacent to an activating group) is 1. The molecule has 0 aliphatic carbocycles. The second-order valence-electron chi connectivity index (χ2n) is 7.93. The Morgan fingerprint density at radius 3 is 1.64 bits per heavy atom. The second kappa shape index (κ2) is 11.6. The van der Waals surface area contributed by atoms with Gasteiger partial charge in [-0.15, -0.1) is 0 Å². The van der Waals surface area contributed by atoms with Crippen molar-refractivity contribution in [2.75, 3.05) is 19.6 Å². The molecular weight excluding hydrogens is 430 g/mol. The van der Waals surface area contributed by atoms with E-state index in [1.807, 2.05) is 66.7 Å². The zero-order valence-corrected chi connectivity index (χ0v) is 19.9. The van der Waals surface area contributed by atoms with E-state index in [-0.39, 0.29) is 18.0 Å². The Morgan fingerprint density at radius 1 is 0.697 bits per heavy atom. The number of halogens is 1. The second-order valence-corrected chi connectivity index (χ2v) is 7.93. The van der Waals surface area contributed by atoms with E-state index in [1.165, 1.54) is 4.90 Å². The van der Waals surface area contributed by atoms with Crippen molar-refractivity contribution < 1.29 is 17.3 Å². The summed E-state index contributed by atoms with van der Waals surface area (Å²) in [5.41, 5.74) is 5.31. The van der Waals surface area contributed by atoms with Crippen molar-refractivity contribution in [3.63, 3.8) is 0 Å². The lowest BCUT2D eigenvalue weighted by Gasteiger charge is -2.19. The van der Waals surface area contributed by atoms with Gasteiger partial charge in [0.05, 0.1) is 37.4 Å². The Bertz CT molecular complexity index is 1200. The summed E-state index contributed by atoms with van der Waals surface area (Å²) in [7, 11) is 0. The summed E-state index contributed by atoms with van der Waals surface area (Å²) in [4.78, 5) is 15.3. The van der Waals surface area contributed by atoms with E-state index in [0.717, 1.165) is 47.6 Å². The lowest BCUT2D eigenvalue weighted by atomic mass is 9.92. The molecule has 4 nitrogen and oxygen atoms in total.